The van der Waals surface area contributed by atoms with Crippen molar-refractivity contribution in [1.29, 1.82) is 0 Å². The van der Waals surface area contributed by atoms with Crippen molar-refractivity contribution in [1.82, 2.24) is 15.0 Å². The molecule has 5 heteroatoms. The van der Waals surface area contributed by atoms with Gasteiger partial charge in [-0.05, 0) is 18.2 Å². The van der Waals surface area contributed by atoms with E-state index in [0.717, 1.165) is 0 Å². The van der Waals surface area contributed by atoms with E-state index in [9.17, 15) is 4.39 Å². The van der Waals surface area contributed by atoms with E-state index in [-0.39, 0.29) is 0 Å². The van der Waals surface area contributed by atoms with Gasteiger partial charge in [0.2, 0.25) is 0 Å². The second-order valence-electron chi connectivity index (χ2n) is 2.90. The molecule has 14 heavy (non-hydrogen) atoms. The highest BCUT2D eigenvalue weighted by Crippen LogP contribution is 2.22. The summed E-state index contributed by atoms with van der Waals surface area (Å²) in [5, 5.41) is 7.90. The van der Waals surface area contributed by atoms with Crippen molar-refractivity contribution in [2.24, 2.45) is 7.05 Å². The van der Waals surface area contributed by atoms with Gasteiger partial charge in [-0.25, -0.2) is 4.39 Å². The molecule has 0 radical (unpaired) electrons. The molecule has 2 rings (SSSR count). The Bertz CT molecular complexity index is 467. The van der Waals surface area contributed by atoms with Crippen LogP contribution in [0.1, 0.15) is 0 Å². The summed E-state index contributed by atoms with van der Waals surface area (Å²) in [6.07, 6.45) is 1.65. The molecule has 0 atom stereocenters. The minimum absolute atomic E-state index is 0.371. The van der Waals surface area contributed by atoms with Gasteiger partial charge >= 0.3 is 0 Å². The Balaban J connectivity index is 2.52. The third-order valence-electron chi connectivity index (χ3n) is 1.81. The standard InChI is InChI=1S/C9H7ClFN3/c1-14-5-9(12-13-14)7-3-2-6(10)4-8(7)11/h2-5H,1H3. The van der Waals surface area contributed by atoms with Crippen LogP contribution in [0, 0.1) is 5.82 Å². The lowest BCUT2D eigenvalue weighted by molar-refractivity contribution is 0.630. The van der Waals surface area contributed by atoms with Crippen LogP contribution in [0.25, 0.3) is 11.3 Å². The molecule has 0 saturated carbocycles. The summed E-state index contributed by atoms with van der Waals surface area (Å²) in [5.41, 5.74) is 0.907. The Morgan fingerprint density at radius 1 is 1.43 bits per heavy atom. The quantitative estimate of drug-likeness (QED) is 0.725. The molecule has 3 nitrogen and oxygen atoms in total. The molecule has 1 aromatic heterocycles. The fourth-order valence-electron chi connectivity index (χ4n) is 1.17. The van der Waals surface area contributed by atoms with E-state index in [4.69, 9.17) is 11.6 Å². The highest BCUT2D eigenvalue weighted by Gasteiger charge is 2.08. The Morgan fingerprint density at radius 3 is 2.79 bits per heavy atom. The molecule has 0 saturated heterocycles. The fourth-order valence-corrected chi connectivity index (χ4v) is 1.33. The lowest BCUT2D eigenvalue weighted by Gasteiger charge is -1.97. The van der Waals surface area contributed by atoms with E-state index in [2.05, 4.69) is 10.3 Å². The summed E-state index contributed by atoms with van der Waals surface area (Å²) >= 11 is 5.63. The van der Waals surface area contributed by atoms with Gasteiger partial charge in [0.1, 0.15) is 11.5 Å². The van der Waals surface area contributed by atoms with Crippen molar-refractivity contribution < 1.29 is 4.39 Å². The van der Waals surface area contributed by atoms with E-state index < -0.39 is 5.82 Å². The summed E-state index contributed by atoms with van der Waals surface area (Å²) in [4.78, 5) is 0. The molecule has 0 fully saturated rings. The lowest BCUT2D eigenvalue weighted by Crippen LogP contribution is -1.85. The Labute approximate surface area is 85.1 Å². The summed E-state index contributed by atoms with van der Waals surface area (Å²) < 4.78 is 14.9. The topological polar surface area (TPSA) is 30.7 Å². The maximum atomic E-state index is 13.4. The second-order valence-corrected chi connectivity index (χ2v) is 3.34. The smallest absolute Gasteiger partial charge is 0.134 e. The molecule has 0 bridgehead atoms. The zero-order chi connectivity index (χ0) is 10.1. The Hall–Kier alpha value is -1.42. The van der Waals surface area contributed by atoms with Gasteiger partial charge in [-0.3, -0.25) is 4.68 Å². The molecular formula is C9H7ClFN3. The number of aromatic nitrogens is 3. The molecule has 0 amide bonds. The van der Waals surface area contributed by atoms with Crippen molar-refractivity contribution in [3.63, 3.8) is 0 Å². The SMILES string of the molecule is Cn1cc(-c2ccc(Cl)cc2F)nn1. The third kappa shape index (κ3) is 1.61. The van der Waals surface area contributed by atoms with E-state index >= 15 is 0 Å². The molecule has 0 unspecified atom stereocenters. The van der Waals surface area contributed by atoms with Gasteiger partial charge in [-0.15, -0.1) is 5.10 Å². The van der Waals surface area contributed by atoms with Gasteiger partial charge in [-0.2, -0.15) is 0 Å². The van der Waals surface area contributed by atoms with Crippen molar-refractivity contribution >= 4 is 11.6 Å². The Morgan fingerprint density at radius 2 is 2.21 bits per heavy atom. The van der Waals surface area contributed by atoms with Crippen molar-refractivity contribution in [3.8, 4) is 11.3 Å². The molecule has 0 aliphatic rings. The number of hydrogen-bond donors (Lipinski definition) is 0. The van der Waals surface area contributed by atoms with Crippen LogP contribution in [-0.4, -0.2) is 15.0 Å². The maximum absolute atomic E-state index is 13.4. The van der Waals surface area contributed by atoms with E-state index in [1.807, 2.05) is 0 Å². The minimum atomic E-state index is -0.391. The van der Waals surface area contributed by atoms with Crippen LogP contribution in [0.2, 0.25) is 5.02 Å². The van der Waals surface area contributed by atoms with Gasteiger partial charge in [0.05, 0.1) is 6.20 Å². The number of rotatable bonds is 1. The average molecular weight is 212 g/mol. The van der Waals surface area contributed by atoms with Crippen LogP contribution in [0.3, 0.4) is 0 Å². The van der Waals surface area contributed by atoms with E-state index in [1.54, 1.807) is 25.4 Å². The first kappa shape index (κ1) is 9.15. The van der Waals surface area contributed by atoms with Crippen molar-refractivity contribution in [2.45, 2.75) is 0 Å². The predicted octanol–water partition coefficient (Wildman–Crippen LogP) is 2.27. The first-order valence-corrected chi connectivity index (χ1v) is 4.36. The summed E-state index contributed by atoms with van der Waals surface area (Å²) in [7, 11) is 1.73. The number of nitrogens with zero attached hydrogens (tertiary/aromatic N) is 3. The van der Waals surface area contributed by atoms with Crippen LogP contribution in [0.5, 0.6) is 0 Å². The third-order valence-corrected chi connectivity index (χ3v) is 2.04. The molecule has 2 aromatic rings. The lowest BCUT2D eigenvalue weighted by atomic mass is 10.1. The summed E-state index contributed by atoms with van der Waals surface area (Å²) in [6, 6.07) is 4.46. The number of benzene rings is 1. The molecule has 0 spiro atoms. The number of hydrogen-bond acceptors (Lipinski definition) is 2. The highest BCUT2D eigenvalue weighted by molar-refractivity contribution is 6.30. The van der Waals surface area contributed by atoms with Crippen LogP contribution < -0.4 is 0 Å². The average Bonchev–Trinajstić information content (AvgIpc) is 2.51. The summed E-state index contributed by atoms with van der Waals surface area (Å²) in [5.74, 6) is -0.391. The van der Waals surface area contributed by atoms with E-state index in [0.29, 0.717) is 16.3 Å². The highest BCUT2D eigenvalue weighted by atomic mass is 35.5. The molecule has 72 valence electrons. The zero-order valence-electron chi connectivity index (χ0n) is 7.41. The molecular weight excluding hydrogens is 205 g/mol. The van der Waals surface area contributed by atoms with Gasteiger partial charge < -0.3 is 0 Å². The maximum Gasteiger partial charge on any atom is 0.134 e. The molecule has 0 aliphatic carbocycles. The Kier molecular flexibility index (Phi) is 2.21. The van der Waals surface area contributed by atoms with Crippen LogP contribution in [0.4, 0.5) is 4.39 Å². The van der Waals surface area contributed by atoms with Gasteiger partial charge in [0.15, 0.2) is 0 Å². The molecule has 0 aliphatic heterocycles. The van der Waals surface area contributed by atoms with Crippen LogP contribution >= 0.6 is 11.6 Å². The molecule has 0 N–H and O–H groups in total. The van der Waals surface area contributed by atoms with E-state index in [1.165, 1.54) is 10.7 Å². The van der Waals surface area contributed by atoms with Gasteiger partial charge in [0, 0.05) is 17.6 Å². The minimum Gasteiger partial charge on any atom is -0.255 e. The van der Waals surface area contributed by atoms with Crippen molar-refractivity contribution in [2.75, 3.05) is 0 Å². The number of aryl methyl sites for hydroxylation is 1. The zero-order valence-corrected chi connectivity index (χ0v) is 8.16. The van der Waals surface area contributed by atoms with Gasteiger partial charge in [0.25, 0.3) is 0 Å². The largest absolute Gasteiger partial charge is 0.255 e. The summed E-state index contributed by atoms with van der Waals surface area (Å²) in [6.45, 7) is 0. The van der Waals surface area contributed by atoms with Gasteiger partial charge in [-0.1, -0.05) is 16.8 Å². The predicted molar refractivity (Wildman–Crippen MR) is 51.4 cm³/mol. The molecule has 1 aromatic carbocycles. The fraction of sp³-hybridized carbons (Fsp3) is 0.111. The monoisotopic (exact) mass is 211 g/mol. The van der Waals surface area contributed by atoms with Crippen LogP contribution in [-0.2, 0) is 7.05 Å². The number of halogens is 2. The van der Waals surface area contributed by atoms with Crippen LogP contribution in [0.15, 0.2) is 24.4 Å². The second kappa shape index (κ2) is 3.38. The van der Waals surface area contributed by atoms with Crippen molar-refractivity contribution in [3.05, 3.63) is 35.2 Å². The normalized spacial score (nSPS) is 10.5. The molecule has 1 heterocycles. The first-order valence-electron chi connectivity index (χ1n) is 3.98. The first-order chi connectivity index (χ1) is 6.66.